The molecule has 124 valence electrons. The molecule has 2 aromatic rings. The lowest BCUT2D eigenvalue weighted by atomic mass is 9.78. The predicted molar refractivity (Wildman–Crippen MR) is 93.4 cm³/mol. The van der Waals surface area contributed by atoms with Gasteiger partial charge in [-0.2, -0.15) is 0 Å². The molecular weight excluding hydrogens is 317 g/mol. The first-order chi connectivity index (χ1) is 12.0. The molecule has 0 fully saturated rings. The van der Waals surface area contributed by atoms with Crippen LogP contribution in [-0.2, 0) is 4.79 Å². The van der Waals surface area contributed by atoms with Crippen LogP contribution in [0.3, 0.4) is 0 Å². The van der Waals surface area contributed by atoms with Crippen molar-refractivity contribution in [2.75, 3.05) is 0 Å². The molecule has 2 aliphatic rings. The highest BCUT2D eigenvalue weighted by atomic mass is 19.1. The molecule has 0 amide bonds. The van der Waals surface area contributed by atoms with E-state index in [1.54, 1.807) is 18.2 Å². The largest absolute Gasteiger partial charge is 0.358 e. The molecule has 4 heteroatoms. The summed E-state index contributed by atoms with van der Waals surface area (Å²) in [7, 11) is 0. The van der Waals surface area contributed by atoms with Crippen LogP contribution in [0.5, 0.6) is 0 Å². The summed E-state index contributed by atoms with van der Waals surface area (Å²) in [5.74, 6) is -1.03. The third-order valence-electron chi connectivity index (χ3n) is 4.83. The maximum atomic E-state index is 13.4. The first kappa shape index (κ1) is 15.5. The van der Waals surface area contributed by atoms with Crippen molar-refractivity contribution in [1.29, 1.82) is 0 Å². The topological polar surface area (TPSA) is 46.2 Å². The number of Topliss-reactive ketones (excluding diaryl/α,β-unsaturated/α-hetero) is 2. The minimum atomic E-state index is -0.491. The molecule has 1 N–H and O–H groups in total. The van der Waals surface area contributed by atoms with Gasteiger partial charge in [0.15, 0.2) is 11.6 Å². The van der Waals surface area contributed by atoms with Gasteiger partial charge in [-0.05, 0) is 31.5 Å². The number of carbonyl (C=O) groups is 2. The molecule has 25 heavy (non-hydrogen) atoms. The molecule has 1 aliphatic carbocycles. The summed E-state index contributed by atoms with van der Waals surface area (Å²) in [6.07, 6.45) is 0. The zero-order valence-corrected chi connectivity index (χ0v) is 13.9. The average Bonchev–Trinajstić information content (AvgIpc) is 2.87. The smallest absolute Gasteiger partial charge is 0.192 e. The van der Waals surface area contributed by atoms with Crippen LogP contribution in [-0.4, -0.2) is 11.6 Å². The van der Waals surface area contributed by atoms with Gasteiger partial charge in [-0.1, -0.05) is 36.4 Å². The lowest BCUT2D eigenvalue weighted by Gasteiger charge is -2.29. The van der Waals surface area contributed by atoms with Gasteiger partial charge in [-0.15, -0.1) is 0 Å². The highest BCUT2D eigenvalue weighted by molar-refractivity contribution is 6.23. The number of hydrogen-bond donors (Lipinski definition) is 1. The molecule has 4 rings (SSSR count). The van der Waals surface area contributed by atoms with Crippen molar-refractivity contribution in [3.05, 3.63) is 87.9 Å². The van der Waals surface area contributed by atoms with Gasteiger partial charge >= 0.3 is 0 Å². The first-order valence-corrected chi connectivity index (χ1v) is 8.11. The van der Waals surface area contributed by atoms with E-state index in [-0.39, 0.29) is 17.4 Å². The number of dihydropyridines is 1. The first-order valence-electron chi connectivity index (χ1n) is 8.11. The second kappa shape index (κ2) is 5.52. The van der Waals surface area contributed by atoms with E-state index >= 15 is 0 Å². The predicted octanol–water partition coefficient (Wildman–Crippen LogP) is 3.98. The Bertz CT molecular complexity index is 983. The summed E-state index contributed by atoms with van der Waals surface area (Å²) in [6, 6.07) is 13.4. The molecule has 1 heterocycles. The third kappa shape index (κ3) is 2.25. The summed E-state index contributed by atoms with van der Waals surface area (Å²) < 4.78 is 13.4. The van der Waals surface area contributed by atoms with Gasteiger partial charge < -0.3 is 5.32 Å². The van der Waals surface area contributed by atoms with Gasteiger partial charge in [0.2, 0.25) is 0 Å². The van der Waals surface area contributed by atoms with Crippen molar-refractivity contribution >= 4 is 17.3 Å². The van der Waals surface area contributed by atoms with E-state index in [1.807, 2.05) is 25.1 Å². The van der Waals surface area contributed by atoms with Gasteiger partial charge in [0.05, 0.1) is 5.70 Å². The fraction of sp³-hybridized carbons (Fsp3) is 0.143. The fourth-order valence-corrected chi connectivity index (χ4v) is 3.78. The number of halogens is 1. The molecule has 3 nitrogen and oxygen atoms in total. The van der Waals surface area contributed by atoms with Gasteiger partial charge in [0.1, 0.15) is 5.82 Å². The lowest BCUT2D eigenvalue weighted by Crippen LogP contribution is -2.27. The number of fused-ring (bicyclic) bond motifs is 2. The number of carbonyl (C=O) groups excluding carboxylic acids is 2. The number of benzene rings is 2. The highest BCUT2D eigenvalue weighted by Crippen LogP contribution is 2.46. The Balaban J connectivity index is 1.96. The zero-order valence-electron chi connectivity index (χ0n) is 13.9. The number of hydrogen-bond acceptors (Lipinski definition) is 3. The number of ketones is 2. The molecule has 0 radical (unpaired) electrons. The van der Waals surface area contributed by atoms with Gasteiger partial charge in [0, 0.05) is 33.9 Å². The van der Waals surface area contributed by atoms with E-state index in [9.17, 15) is 14.0 Å². The van der Waals surface area contributed by atoms with E-state index in [0.29, 0.717) is 16.7 Å². The van der Waals surface area contributed by atoms with Gasteiger partial charge in [0.25, 0.3) is 0 Å². The monoisotopic (exact) mass is 333 g/mol. The van der Waals surface area contributed by atoms with E-state index in [2.05, 4.69) is 5.32 Å². The maximum absolute atomic E-state index is 13.4. The van der Waals surface area contributed by atoms with Gasteiger partial charge in [-0.25, -0.2) is 4.39 Å². The maximum Gasteiger partial charge on any atom is 0.192 e. The Kier molecular flexibility index (Phi) is 3.42. The molecule has 0 saturated carbocycles. The Hall–Kier alpha value is -3.01. The summed E-state index contributed by atoms with van der Waals surface area (Å²) in [5.41, 5.74) is 4.79. The van der Waals surface area contributed by atoms with Crippen molar-refractivity contribution in [2.45, 2.75) is 19.8 Å². The van der Waals surface area contributed by atoms with Crippen molar-refractivity contribution in [2.24, 2.45) is 0 Å². The van der Waals surface area contributed by atoms with Crippen LogP contribution < -0.4 is 5.32 Å². The normalized spacial score (nSPS) is 18.8. The summed E-state index contributed by atoms with van der Waals surface area (Å²) >= 11 is 0. The van der Waals surface area contributed by atoms with E-state index in [4.69, 9.17) is 0 Å². The van der Waals surface area contributed by atoms with Crippen molar-refractivity contribution in [3.63, 3.8) is 0 Å². The van der Waals surface area contributed by atoms with Crippen LogP contribution >= 0.6 is 0 Å². The average molecular weight is 333 g/mol. The molecule has 1 atom stereocenters. The molecule has 0 saturated heterocycles. The van der Waals surface area contributed by atoms with Crippen molar-refractivity contribution in [1.82, 2.24) is 5.32 Å². The number of nitrogens with one attached hydrogen (secondary N) is 1. The standard InChI is InChI=1S/C21H16FNO2/c1-11-17(12(2)24)18(13-7-9-14(22)10-8-13)19-20(23-11)15-5-3-4-6-16(15)21(19)25/h3-10,18,23H,1-2H3/t18-/m1/s1. The minimum Gasteiger partial charge on any atom is -0.358 e. The lowest BCUT2D eigenvalue weighted by molar-refractivity contribution is -0.113. The molecule has 0 aromatic heterocycles. The summed E-state index contributed by atoms with van der Waals surface area (Å²) in [6.45, 7) is 3.33. The Morgan fingerprint density at radius 2 is 1.68 bits per heavy atom. The quantitative estimate of drug-likeness (QED) is 0.904. The van der Waals surface area contributed by atoms with Gasteiger partial charge in [-0.3, -0.25) is 9.59 Å². The zero-order chi connectivity index (χ0) is 17.7. The van der Waals surface area contributed by atoms with Crippen LogP contribution in [0, 0.1) is 5.82 Å². The van der Waals surface area contributed by atoms with E-state index in [0.717, 1.165) is 22.5 Å². The van der Waals surface area contributed by atoms with Crippen LogP contribution in [0.1, 0.15) is 41.3 Å². The molecule has 0 bridgehead atoms. The van der Waals surface area contributed by atoms with Crippen LogP contribution in [0.25, 0.3) is 5.70 Å². The molecular formula is C21H16FNO2. The summed E-state index contributed by atoms with van der Waals surface area (Å²) in [4.78, 5) is 25.4. The molecule has 2 aromatic carbocycles. The van der Waals surface area contributed by atoms with Crippen molar-refractivity contribution < 1.29 is 14.0 Å². The van der Waals surface area contributed by atoms with E-state index < -0.39 is 5.92 Å². The Labute approximate surface area is 144 Å². The Morgan fingerprint density at radius 1 is 1.04 bits per heavy atom. The highest BCUT2D eigenvalue weighted by Gasteiger charge is 2.41. The van der Waals surface area contributed by atoms with Crippen LogP contribution in [0.15, 0.2) is 65.4 Å². The fourth-order valence-electron chi connectivity index (χ4n) is 3.78. The second-order valence-corrected chi connectivity index (χ2v) is 6.37. The molecule has 0 unspecified atom stereocenters. The van der Waals surface area contributed by atoms with Crippen molar-refractivity contribution in [3.8, 4) is 0 Å². The number of rotatable bonds is 2. The second-order valence-electron chi connectivity index (χ2n) is 6.37. The summed E-state index contributed by atoms with van der Waals surface area (Å²) in [5, 5.41) is 3.25. The number of allylic oxidation sites excluding steroid dienone is 3. The van der Waals surface area contributed by atoms with Crippen LogP contribution in [0.4, 0.5) is 4.39 Å². The Morgan fingerprint density at radius 3 is 2.32 bits per heavy atom. The molecule has 0 spiro atoms. The molecule has 1 aliphatic heterocycles. The van der Waals surface area contributed by atoms with Crippen LogP contribution in [0.2, 0.25) is 0 Å². The third-order valence-corrected chi connectivity index (χ3v) is 4.83. The SMILES string of the molecule is CC(=O)C1=C(C)NC2=C(C(=O)c3ccccc32)[C@@H]1c1ccc(F)cc1. The minimum absolute atomic E-state index is 0.0846. The van der Waals surface area contributed by atoms with E-state index in [1.165, 1.54) is 19.1 Å².